The molecule has 27 heavy (non-hydrogen) atoms. The molecule has 0 aliphatic carbocycles. The van der Waals surface area contributed by atoms with Gasteiger partial charge < -0.3 is 16.0 Å². The summed E-state index contributed by atoms with van der Waals surface area (Å²) in [4.78, 5) is 24.9. The molecule has 1 heterocycles. The van der Waals surface area contributed by atoms with E-state index in [0.29, 0.717) is 17.9 Å². The van der Waals surface area contributed by atoms with E-state index >= 15 is 0 Å². The highest BCUT2D eigenvalue weighted by molar-refractivity contribution is 7.91. The van der Waals surface area contributed by atoms with Crippen LogP contribution in [0.25, 0.3) is 0 Å². The van der Waals surface area contributed by atoms with Crippen LogP contribution in [-0.4, -0.2) is 43.9 Å². The van der Waals surface area contributed by atoms with E-state index in [-0.39, 0.29) is 29.9 Å². The van der Waals surface area contributed by atoms with Crippen LogP contribution in [0.4, 0.5) is 4.79 Å². The normalized spacial score (nSPS) is 20.5. The Balaban J connectivity index is 1.94. The third-order valence-corrected chi connectivity index (χ3v) is 6.90. The molecule has 1 saturated heterocycles. The van der Waals surface area contributed by atoms with E-state index in [4.69, 9.17) is 11.6 Å². The van der Waals surface area contributed by atoms with Crippen molar-refractivity contribution in [2.24, 2.45) is 5.92 Å². The summed E-state index contributed by atoms with van der Waals surface area (Å²) in [5.41, 5.74) is 0.788. The van der Waals surface area contributed by atoms with Gasteiger partial charge in [0.2, 0.25) is 5.91 Å². The molecule has 1 aliphatic rings. The summed E-state index contributed by atoms with van der Waals surface area (Å²) >= 11 is 6.10. The fraction of sp³-hybridized carbons (Fsp3) is 0.556. The molecule has 1 fully saturated rings. The lowest BCUT2D eigenvalue weighted by atomic mass is 9.98. The highest BCUT2D eigenvalue weighted by Gasteiger charge is 2.31. The van der Waals surface area contributed by atoms with E-state index in [1.54, 1.807) is 6.07 Å². The molecule has 1 aromatic rings. The highest BCUT2D eigenvalue weighted by atomic mass is 35.5. The van der Waals surface area contributed by atoms with Gasteiger partial charge in [0.25, 0.3) is 0 Å². The molecule has 2 rings (SSSR count). The summed E-state index contributed by atoms with van der Waals surface area (Å²) < 4.78 is 23.0. The average molecular weight is 416 g/mol. The molecular formula is C18H26ClN3O4S. The Morgan fingerprint density at radius 2 is 2.00 bits per heavy atom. The first-order valence-corrected chi connectivity index (χ1v) is 11.2. The van der Waals surface area contributed by atoms with Crippen molar-refractivity contribution in [2.45, 2.75) is 45.3 Å². The van der Waals surface area contributed by atoms with Crippen LogP contribution in [0.3, 0.4) is 0 Å². The molecular weight excluding hydrogens is 390 g/mol. The number of nitrogens with one attached hydrogen (secondary N) is 3. The summed E-state index contributed by atoms with van der Waals surface area (Å²) in [6, 6.07) is 5.54. The lowest BCUT2D eigenvalue weighted by Crippen LogP contribution is -2.54. The third kappa shape index (κ3) is 6.39. The number of carbonyl (C=O) groups is 2. The minimum Gasteiger partial charge on any atom is -0.350 e. The zero-order valence-electron chi connectivity index (χ0n) is 15.5. The van der Waals surface area contributed by atoms with Crippen molar-refractivity contribution in [1.29, 1.82) is 0 Å². The minimum absolute atomic E-state index is 0.0624. The Bertz CT molecular complexity index is 785. The van der Waals surface area contributed by atoms with Gasteiger partial charge in [-0.3, -0.25) is 4.79 Å². The van der Waals surface area contributed by atoms with Crippen LogP contribution < -0.4 is 16.0 Å². The van der Waals surface area contributed by atoms with Crippen molar-refractivity contribution in [2.75, 3.05) is 11.5 Å². The van der Waals surface area contributed by atoms with Crippen molar-refractivity contribution >= 4 is 33.4 Å². The Morgan fingerprint density at radius 3 is 2.59 bits per heavy atom. The van der Waals surface area contributed by atoms with Gasteiger partial charge in [0.1, 0.15) is 6.04 Å². The number of rotatable bonds is 7. The fourth-order valence-electron chi connectivity index (χ4n) is 2.91. The molecule has 1 aromatic carbocycles. The monoisotopic (exact) mass is 415 g/mol. The minimum atomic E-state index is -3.08. The molecule has 0 unspecified atom stereocenters. The molecule has 0 bridgehead atoms. The smallest absolute Gasteiger partial charge is 0.315 e. The molecule has 9 heteroatoms. The Kier molecular flexibility index (Phi) is 7.49. The average Bonchev–Trinajstić information content (AvgIpc) is 2.96. The first kappa shape index (κ1) is 21.5. The van der Waals surface area contributed by atoms with E-state index in [1.165, 1.54) is 0 Å². The molecule has 0 aromatic heterocycles. The highest BCUT2D eigenvalue weighted by Crippen LogP contribution is 2.15. The number of hydrogen-bond donors (Lipinski definition) is 3. The maximum Gasteiger partial charge on any atom is 0.315 e. The van der Waals surface area contributed by atoms with Gasteiger partial charge in [0, 0.05) is 17.6 Å². The van der Waals surface area contributed by atoms with Gasteiger partial charge in [-0.2, -0.15) is 0 Å². The van der Waals surface area contributed by atoms with E-state index in [2.05, 4.69) is 16.0 Å². The Morgan fingerprint density at radius 1 is 1.30 bits per heavy atom. The summed E-state index contributed by atoms with van der Waals surface area (Å²) in [5.74, 6) is -0.384. The van der Waals surface area contributed by atoms with Gasteiger partial charge in [0.05, 0.1) is 11.5 Å². The van der Waals surface area contributed by atoms with Crippen molar-refractivity contribution < 1.29 is 18.0 Å². The fourth-order valence-corrected chi connectivity index (χ4v) is 4.79. The van der Waals surface area contributed by atoms with Crippen LogP contribution in [0.5, 0.6) is 0 Å². The second-order valence-corrected chi connectivity index (χ2v) is 9.53. The van der Waals surface area contributed by atoms with Gasteiger partial charge in [-0.05, 0) is 24.0 Å². The first-order chi connectivity index (χ1) is 12.7. The van der Waals surface area contributed by atoms with Gasteiger partial charge in [-0.15, -0.1) is 0 Å². The quantitative estimate of drug-likeness (QED) is 0.632. The zero-order valence-corrected chi connectivity index (χ0v) is 17.1. The van der Waals surface area contributed by atoms with Gasteiger partial charge in [-0.1, -0.05) is 50.1 Å². The molecule has 0 spiro atoms. The van der Waals surface area contributed by atoms with Crippen molar-refractivity contribution in [3.05, 3.63) is 34.9 Å². The topological polar surface area (TPSA) is 104 Å². The molecule has 1 aliphatic heterocycles. The van der Waals surface area contributed by atoms with Crippen LogP contribution >= 0.6 is 11.6 Å². The number of benzene rings is 1. The molecule has 150 valence electrons. The first-order valence-electron chi connectivity index (χ1n) is 9.00. The second kappa shape index (κ2) is 9.41. The third-order valence-electron chi connectivity index (χ3n) is 4.76. The van der Waals surface area contributed by atoms with Crippen molar-refractivity contribution in [3.8, 4) is 0 Å². The van der Waals surface area contributed by atoms with Crippen LogP contribution in [-0.2, 0) is 21.2 Å². The number of hydrogen-bond acceptors (Lipinski definition) is 4. The van der Waals surface area contributed by atoms with E-state index < -0.39 is 28.0 Å². The number of halogens is 1. The number of carbonyl (C=O) groups excluding carboxylic acids is 2. The van der Waals surface area contributed by atoms with Gasteiger partial charge in [0.15, 0.2) is 9.84 Å². The summed E-state index contributed by atoms with van der Waals surface area (Å²) in [5, 5.41) is 8.70. The van der Waals surface area contributed by atoms with E-state index in [9.17, 15) is 18.0 Å². The Hall–Kier alpha value is -1.80. The maximum absolute atomic E-state index is 12.6. The molecule has 3 N–H and O–H groups in total. The molecule has 0 saturated carbocycles. The molecule has 3 atom stereocenters. The number of amides is 3. The predicted molar refractivity (Wildman–Crippen MR) is 105 cm³/mol. The Labute approximate surface area is 165 Å². The zero-order chi connectivity index (χ0) is 20.0. The lowest BCUT2D eigenvalue weighted by Gasteiger charge is -2.24. The largest absolute Gasteiger partial charge is 0.350 e. The van der Waals surface area contributed by atoms with E-state index in [0.717, 1.165) is 5.56 Å². The molecule has 0 radical (unpaired) electrons. The van der Waals surface area contributed by atoms with Crippen LogP contribution in [0.1, 0.15) is 32.3 Å². The van der Waals surface area contributed by atoms with Crippen LogP contribution in [0.2, 0.25) is 5.02 Å². The van der Waals surface area contributed by atoms with Crippen molar-refractivity contribution in [1.82, 2.24) is 16.0 Å². The van der Waals surface area contributed by atoms with Crippen LogP contribution in [0.15, 0.2) is 24.3 Å². The SMILES string of the molecule is CC[C@@H](C)[C@H](NC(=O)N[C@H]1CCS(=O)(=O)C1)C(=O)NCc1ccccc1Cl. The summed E-state index contributed by atoms with van der Waals surface area (Å²) in [6.07, 6.45) is 1.09. The number of sulfone groups is 1. The molecule has 3 amide bonds. The maximum atomic E-state index is 12.6. The lowest BCUT2D eigenvalue weighted by molar-refractivity contribution is -0.124. The number of urea groups is 1. The van der Waals surface area contributed by atoms with E-state index in [1.807, 2.05) is 32.0 Å². The summed E-state index contributed by atoms with van der Waals surface area (Å²) in [6.45, 7) is 4.07. The molecule has 7 nitrogen and oxygen atoms in total. The van der Waals surface area contributed by atoms with Crippen molar-refractivity contribution in [3.63, 3.8) is 0 Å². The standard InChI is InChI=1S/C18H26ClN3O4S/c1-3-12(2)16(17(23)20-10-13-6-4-5-7-15(13)19)22-18(24)21-14-8-9-27(25,26)11-14/h4-7,12,14,16H,3,8-11H2,1-2H3,(H,20,23)(H2,21,22,24)/t12-,14+,16+/m1/s1. The summed E-state index contributed by atoms with van der Waals surface area (Å²) in [7, 11) is -3.08. The van der Waals surface area contributed by atoms with Gasteiger partial charge >= 0.3 is 6.03 Å². The van der Waals surface area contributed by atoms with Crippen LogP contribution in [0, 0.1) is 5.92 Å². The van der Waals surface area contributed by atoms with Gasteiger partial charge in [-0.25, -0.2) is 13.2 Å². The second-order valence-electron chi connectivity index (χ2n) is 6.89. The predicted octanol–water partition coefficient (Wildman–Crippen LogP) is 1.86.